The number of nitrogens with zero attached hydrogens (tertiary/aromatic N) is 3. The molecule has 0 bridgehead atoms. The van der Waals surface area contributed by atoms with Crippen LogP contribution >= 0.6 is 11.8 Å². The lowest BCUT2D eigenvalue weighted by atomic mass is 10.2. The van der Waals surface area contributed by atoms with E-state index in [-0.39, 0.29) is 17.0 Å². The molecule has 3 rings (SSSR count). The van der Waals surface area contributed by atoms with Crippen molar-refractivity contribution in [3.05, 3.63) is 48.3 Å². The Morgan fingerprint density at radius 2 is 2.07 bits per heavy atom. The van der Waals surface area contributed by atoms with Gasteiger partial charge in [-0.2, -0.15) is 11.8 Å². The first kappa shape index (κ1) is 21.1. The minimum atomic E-state index is -0.355. The van der Waals surface area contributed by atoms with Gasteiger partial charge in [-0.25, -0.2) is 9.07 Å². The maximum atomic E-state index is 13.8. The second-order valence-corrected chi connectivity index (χ2v) is 8.09. The number of thioether (sulfide) groups is 1. The summed E-state index contributed by atoms with van der Waals surface area (Å²) in [6, 6.07) is 11.8. The molecule has 3 aromatic rings. The number of likely N-dealkylation sites (N-methyl/N-ethyl adjacent to an activating group) is 1. The summed E-state index contributed by atoms with van der Waals surface area (Å²) in [6.07, 6.45) is 1.88. The molecule has 0 aliphatic heterocycles. The number of ether oxygens (including phenoxy) is 1. The van der Waals surface area contributed by atoms with Crippen LogP contribution in [0.25, 0.3) is 16.6 Å². The molecule has 2 aromatic carbocycles. The fourth-order valence-electron chi connectivity index (χ4n) is 2.81. The number of halogens is 1. The third-order valence-electron chi connectivity index (χ3n) is 4.48. The number of hydrogen-bond donors (Lipinski definition) is 1. The molecule has 154 valence electrons. The van der Waals surface area contributed by atoms with Gasteiger partial charge in [-0.1, -0.05) is 12.1 Å². The fraction of sp³-hybridized carbons (Fsp3) is 0.333. The Bertz CT molecular complexity index is 1010. The van der Waals surface area contributed by atoms with Gasteiger partial charge in [-0.15, -0.1) is 5.10 Å². The number of benzene rings is 2. The van der Waals surface area contributed by atoms with Gasteiger partial charge in [0.1, 0.15) is 18.2 Å². The highest BCUT2D eigenvalue weighted by Crippen LogP contribution is 2.34. The summed E-state index contributed by atoms with van der Waals surface area (Å²) in [5, 5.41) is 7.95. The van der Waals surface area contributed by atoms with Gasteiger partial charge in [0.05, 0.1) is 21.8 Å². The van der Waals surface area contributed by atoms with Crippen molar-refractivity contribution in [3.63, 3.8) is 0 Å². The standard InChI is InChI=1S/C21H25FN4O2S/c1-14(29-4)21(27)23-20-19-17(9-6-10-18(19)28-12-11-25(2)3)26(24-20)16-8-5-7-15(22)13-16/h5-10,13-14H,11-12H2,1-4H3,(H,23,24,27). The topological polar surface area (TPSA) is 59.4 Å². The molecule has 1 N–H and O–H groups in total. The Balaban J connectivity index is 2.09. The first-order valence-corrected chi connectivity index (χ1v) is 10.6. The van der Waals surface area contributed by atoms with E-state index in [1.165, 1.54) is 23.9 Å². The number of aromatic nitrogens is 2. The molecule has 8 heteroatoms. The number of fused-ring (bicyclic) bond motifs is 1. The van der Waals surface area contributed by atoms with Crippen LogP contribution in [0.2, 0.25) is 0 Å². The van der Waals surface area contributed by atoms with E-state index in [0.717, 1.165) is 12.1 Å². The molecule has 1 atom stereocenters. The predicted octanol–water partition coefficient (Wildman–Crippen LogP) is 3.80. The summed E-state index contributed by atoms with van der Waals surface area (Å²) in [6.45, 7) is 3.08. The Morgan fingerprint density at radius 3 is 2.76 bits per heavy atom. The molecule has 6 nitrogen and oxygen atoms in total. The highest BCUT2D eigenvalue weighted by Gasteiger charge is 2.20. The molecule has 0 radical (unpaired) electrons. The van der Waals surface area contributed by atoms with Gasteiger partial charge in [0.15, 0.2) is 5.82 Å². The molecule has 0 aliphatic rings. The van der Waals surface area contributed by atoms with Gasteiger partial charge < -0.3 is 15.0 Å². The molecule has 1 unspecified atom stereocenters. The number of amides is 1. The Kier molecular flexibility index (Phi) is 6.76. The van der Waals surface area contributed by atoms with E-state index in [2.05, 4.69) is 10.4 Å². The number of hydrogen-bond acceptors (Lipinski definition) is 5. The van der Waals surface area contributed by atoms with Crippen molar-refractivity contribution in [2.45, 2.75) is 12.2 Å². The summed E-state index contributed by atoms with van der Waals surface area (Å²) < 4.78 is 21.4. The number of carbonyl (C=O) groups excluding carboxylic acids is 1. The summed E-state index contributed by atoms with van der Waals surface area (Å²) in [5.74, 6) is 0.521. The minimum absolute atomic E-state index is 0.147. The summed E-state index contributed by atoms with van der Waals surface area (Å²) in [4.78, 5) is 14.5. The highest BCUT2D eigenvalue weighted by atomic mass is 32.2. The van der Waals surface area contributed by atoms with Crippen molar-refractivity contribution in [3.8, 4) is 11.4 Å². The molecule has 1 heterocycles. The predicted molar refractivity (Wildman–Crippen MR) is 117 cm³/mol. The van der Waals surface area contributed by atoms with Crippen molar-refractivity contribution in [2.24, 2.45) is 0 Å². The van der Waals surface area contributed by atoms with Gasteiger partial charge in [0, 0.05) is 6.54 Å². The van der Waals surface area contributed by atoms with E-state index in [1.54, 1.807) is 16.8 Å². The van der Waals surface area contributed by atoms with Crippen molar-refractivity contribution >= 4 is 34.4 Å². The quantitative estimate of drug-likeness (QED) is 0.605. The first-order valence-electron chi connectivity index (χ1n) is 9.29. The normalized spacial score (nSPS) is 12.3. The number of anilines is 1. The molecule has 0 fully saturated rings. The van der Waals surface area contributed by atoms with Crippen molar-refractivity contribution in [1.82, 2.24) is 14.7 Å². The molecule has 0 spiro atoms. The zero-order valence-electron chi connectivity index (χ0n) is 17.0. The summed E-state index contributed by atoms with van der Waals surface area (Å²) in [7, 11) is 3.95. The minimum Gasteiger partial charge on any atom is -0.491 e. The van der Waals surface area contributed by atoms with Crippen LogP contribution in [0.4, 0.5) is 10.2 Å². The summed E-state index contributed by atoms with van der Waals surface area (Å²) in [5.41, 5.74) is 1.30. The number of carbonyl (C=O) groups is 1. The molecular weight excluding hydrogens is 391 g/mol. The second-order valence-electron chi connectivity index (χ2n) is 6.91. The van der Waals surface area contributed by atoms with Crippen LogP contribution in [0.15, 0.2) is 42.5 Å². The van der Waals surface area contributed by atoms with E-state index in [9.17, 15) is 9.18 Å². The lowest BCUT2D eigenvalue weighted by Crippen LogP contribution is -2.22. The van der Waals surface area contributed by atoms with Crippen LogP contribution in [-0.2, 0) is 4.79 Å². The lowest BCUT2D eigenvalue weighted by molar-refractivity contribution is -0.115. The SMILES string of the molecule is CSC(C)C(=O)Nc1nn(-c2cccc(F)c2)c2cccc(OCCN(C)C)c12. The van der Waals surface area contributed by atoms with Gasteiger partial charge in [-0.05, 0) is 57.6 Å². The average Bonchev–Trinajstić information content (AvgIpc) is 3.06. The Hall–Kier alpha value is -2.58. The first-order chi connectivity index (χ1) is 13.9. The zero-order valence-corrected chi connectivity index (χ0v) is 17.8. The Labute approximate surface area is 174 Å². The monoisotopic (exact) mass is 416 g/mol. The van der Waals surface area contributed by atoms with Crippen LogP contribution < -0.4 is 10.1 Å². The van der Waals surface area contributed by atoms with E-state index in [0.29, 0.717) is 29.2 Å². The van der Waals surface area contributed by atoms with Crippen molar-refractivity contribution < 1.29 is 13.9 Å². The summed E-state index contributed by atoms with van der Waals surface area (Å²) >= 11 is 1.45. The maximum Gasteiger partial charge on any atom is 0.238 e. The molecular formula is C21H25FN4O2S. The molecule has 0 saturated heterocycles. The smallest absolute Gasteiger partial charge is 0.238 e. The molecule has 1 amide bonds. The lowest BCUT2D eigenvalue weighted by Gasteiger charge is -2.13. The van der Waals surface area contributed by atoms with Crippen molar-refractivity contribution in [2.75, 3.05) is 38.8 Å². The van der Waals surface area contributed by atoms with Crippen LogP contribution in [0.5, 0.6) is 5.75 Å². The fourth-order valence-corrected chi connectivity index (χ4v) is 3.09. The average molecular weight is 417 g/mol. The van der Waals surface area contributed by atoms with Gasteiger partial charge in [0.25, 0.3) is 0 Å². The maximum absolute atomic E-state index is 13.8. The third-order valence-corrected chi connectivity index (χ3v) is 5.40. The molecule has 0 aliphatic carbocycles. The van der Waals surface area contributed by atoms with E-state index < -0.39 is 0 Å². The number of rotatable bonds is 8. The number of nitrogens with one attached hydrogen (secondary N) is 1. The van der Waals surface area contributed by atoms with Crippen LogP contribution in [0.3, 0.4) is 0 Å². The van der Waals surface area contributed by atoms with Crippen LogP contribution in [0.1, 0.15) is 6.92 Å². The molecule has 29 heavy (non-hydrogen) atoms. The van der Waals surface area contributed by atoms with E-state index in [4.69, 9.17) is 4.74 Å². The highest BCUT2D eigenvalue weighted by molar-refractivity contribution is 7.99. The molecule has 1 aromatic heterocycles. The third kappa shape index (κ3) is 4.89. The van der Waals surface area contributed by atoms with Crippen molar-refractivity contribution in [1.29, 1.82) is 0 Å². The van der Waals surface area contributed by atoms with E-state index in [1.807, 2.05) is 50.4 Å². The second kappa shape index (κ2) is 9.28. The van der Waals surface area contributed by atoms with E-state index >= 15 is 0 Å². The zero-order chi connectivity index (χ0) is 21.0. The Morgan fingerprint density at radius 1 is 1.31 bits per heavy atom. The van der Waals surface area contributed by atoms with Gasteiger partial charge in [-0.3, -0.25) is 4.79 Å². The van der Waals surface area contributed by atoms with Crippen LogP contribution in [-0.4, -0.2) is 59.3 Å². The van der Waals surface area contributed by atoms with Gasteiger partial charge in [0.2, 0.25) is 5.91 Å². The van der Waals surface area contributed by atoms with Crippen LogP contribution in [0, 0.1) is 5.82 Å². The largest absolute Gasteiger partial charge is 0.491 e. The van der Waals surface area contributed by atoms with Gasteiger partial charge >= 0.3 is 0 Å². The molecule has 0 saturated carbocycles.